The SMILES string of the molecule is Cc1ccc(NC(=O)CSc2nn3c(=O)cnnc3s2)cc1C. The Kier molecular flexibility index (Phi) is 4.39. The fourth-order valence-corrected chi connectivity index (χ4v) is 3.54. The molecular weight excluding hydrogens is 334 g/mol. The van der Waals surface area contributed by atoms with Gasteiger partial charge in [-0.2, -0.15) is 9.61 Å². The van der Waals surface area contributed by atoms with Crippen molar-refractivity contribution >= 4 is 39.7 Å². The largest absolute Gasteiger partial charge is 0.325 e. The lowest BCUT2D eigenvalue weighted by molar-refractivity contribution is -0.113. The number of aromatic nitrogens is 4. The van der Waals surface area contributed by atoms with E-state index in [9.17, 15) is 9.59 Å². The molecule has 0 atom stereocenters. The summed E-state index contributed by atoms with van der Waals surface area (Å²) in [5, 5.41) is 14.4. The normalized spacial score (nSPS) is 10.9. The molecule has 0 bridgehead atoms. The molecule has 0 spiro atoms. The van der Waals surface area contributed by atoms with Gasteiger partial charge >= 0.3 is 0 Å². The number of benzene rings is 1. The first-order valence-electron chi connectivity index (χ1n) is 6.74. The van der Waals surface area contributed by atoms with Crippen LogP contribution in [0.25, 0.3) is 4.96 Å². The average molecular weight is 347 g/mol. The molecule has 0 aliphatic carbocycles. The van der Waals surface area contributed by atoms with Crippen LogP contribution in [-0.2, 0) is 4.79 Å². The Labute approximate surface area is 139 Å². The van der Waals surface area contributed by atoms with Crippen LogP contribution >= 0.6 is 23.1 Å². The highest BCUT2D eigenvalue weighted by Gasteiger charge is 2.10. The lowest BCUT2D eigenvalue weighted by Gasteiger charge is -2.06. The van der Waals surface area contributed by atoms with E-state index in [1.54, 1.807) is 0 Å². The molecule has 0 radical (unpaired) electrons. The molecule has 0 saturated carbocycles. The second-order valence-corrected chi connectivity index (χ2v) is 7.06. The number of carbonyl (C=O) groups excluding carboxylic acids is 1. The van der Waals surface area contributed by atoms with Crippen LogP contribution in [-0.4, -0.2) is 31.5 Å². The number of rotatable bonds is 4. The predicted molar refractivity (Wildman–Crippen MR) is 90.2 cm³/mol. The van der Waals surface area contributed by atoms with E-state index in [-0.39, 0.29) is 17.2 Å². The van der Waals surface area contributed by atoms with Crippen molar-refractivity contribution in [1.82, 2.24) is 19.8 Å². The quantitative estimate of drug-likeness (QED) is 0.725. The molecule has 2 heterocycles. The third-order valence-corrected chi connectivity index (χ3v) is 5.21. The molecule has 1 amide bonds. The third kappa shape index (κ3) is 3.57. The number of aryl methyl sites for hydroxylation is 2. The Morgan fingerprint density at radius 2 is 2.17 bits per heavy atom. The van der Waals surface area contributed by atoms with Gasteiger partial charge in [0.25, 0.3) is 5.56 Å². The Balaban J connectivity index is 1.64. The van der Waals surface area contributed by atoms with E-state index < -0.39 is 0 Å². The van der Waals surface area contributed by atoms with Crippen molar-refractivity contribution in [1.29, 1.82) is 0 Å². The Hall–Kier alpha value is -2.26. The summed E-state index contributed by atoms with van der Waals surface area (Å²) >= 11 is 2.48. The number of hydrogen-bond donors (Lipinski definition) is 1. The maximum Gasteiger partial charge on any atom is 0.293 e. The van der Waals surface area contributed by atoms with Crippen molar-refractivity contribution in [2.75, 3.05) is 11.1 Å². The maximum absolute atomic E-state index is 12.0. The minimum absolute atomic E-state index is 0.129. The molecular formula is C14H13N5O2S2. The maximum atomic E-state index is 12.0. The summed E-state index contributed by atoms with van der Waals surface area (Å²) in [4.78, 5) is 24.0. The second kappa shape index (κ2) is 6.47. The zero-order chi connectivity index (χ0) is 16.4. The number of nitrogens with zero attached hydrogens (tertiary/aromatic N) is 4. The van der Waals surface area contributed by atoms with Crippen molar-refractivity contribution in [3.8, 4) is 0 Å². The summed E-state index contributed by atoms with van der Waals surface area (Å²) in [5.41, 5.74) is 2.74. The number of thioether (sulfide) groups is 1. The fourth-order valence-electron chi connectivity index (χ4n) is 1.86. The summed E-state index contributed by atoms with van der Waals surface area (Å²) < 4.78 is 1.78. The number of nitrogens with one attached hydrogen (secondary N) is 1. The van der Waals surface area contributed by atoms with Crippen LogP contribution in [0.2, 0.25) is 0 Å². The van der Waals surface area contributed by atoms with Crippen LogP contribution in [0.1, 0.15) is 11.1 Å². The van der Waals surface area contributed by atoms with Crippen LogP contribution < -0.4 is 10.9 Å². The van der Waals surface area contributed by atoms with Crippen LogP contribution in [0.4, 0.5) is 5.69 Å². The van der Waals surface area contributed by atoms with Gasteiger partial charge in [0, 0.05) is 5.69 Å². The Morgan fingerprint density at radius 1 is 1.35 bits per heavy atom. The molecule has 0 aliphatic rings. The molecule has 3 aromatic rings. The molecule has 3 rings (SSSR count). The summed E-state index contributed by atoms with van der Waals surface area (Å²) in [6.45, 7) is 4.02. The van der Waals surface area contributed by atoms with E-state index in [4.69, 9.17) is 0 Å². The number of carbonyl (C=O) groups is 1. The molecule has 2 aromatic heterocycles. The van der Waals surface area contributed by atoms with Crippen LogP contribution in [0, 0.1) is 13.8 Å². The van der Waals surface area contributed by atoms with E-state index in [1.807, 2.05) is 32.0 Å². The van der Waals surface area contributed by atoms with Crippen molar-refractivity contribution in [2.45, 2.75) is 18.2 Å². The zero-order valence-corrected chi connectivity index (χ0v) is 14.1. The van der Waals surface area contributed by atoms with E-state index in [0.29, 0.717) is 9.30 Å². The van der Waals surface area contributed by atoms with Crippen LogP contribution in [0.5, 0.6) is 0 Å². The Morgan fingerprint density at radius 3 is 2.91 bits per heavy atom. The smallest absolute Gasteiger partial charge is 0.293 e. The third-order valence-electron chi connectivity index (χ3n) is 3.18. The number of fused-ring (bicyclic) bond motifs is 1. The summed E-state index contributed by atoms with van der Waals surface area (Å²) in [6, 6.07) is 5.78. The van der Waals surface area contributed by atoms with Gasteiger partial charge in [0.05, 0.1) is 5.75 Å². The van der Waals surface area contributed by atoms with Crippen molar-refractivity contribution in [3.05, 3.63) is 45.9 Å². The molecule has 9 heteroatoms. The van der Waals surface area contributed by atoms with E-state index in [1.165, 1.54) is 33.2 Å². The molecule has 1 aromatic carbocycles. The summed E-state index contributed by atoms with van der Waals surface area (Å²) in [6.07, 6.45) is 1.10. The van der Waals surface area contributed by atoms with Crippen molar-refractivity contribution < 1.29 is 4.79 Å². The van der Waals surface area contributed by atoms with Gasteiger partial charge < -0.3 is 5.32 Å². The molecule has 0 unspecified atom stereocenters. The summed E-state index contributed by atoms with van der Waals surface area (Å²) in [5.74, 6) is 0.0745. The number of amides is 1. The average Bonchev–Trinajstić information content (AvgIpc) is 2.94. The monoisotopic (exact) mass is 347 g/mol. The molecule has 0 saturated heterocycles. The first kappa shape index (κ1) is 15.6. The minimum Gasteiger partial charge on any atom is -0.325 e. The number of hydrogen-bond acceptors (Lipinski definition) is 7. The van der Waals surface area contributed by atoms with E-state index in [0.717, 1.165) is 17.4 Å². The molecule has 7 nitrogen and oxygen atoms in total. The topological polar surface area (TPSA) is 89.3 Å². The molecule has 0 aliphatic heterocycles. The van der Waals surface area contributed by atoms with Crippen molar-refractivity contribution in [2.24, 2.45) is 0 Å². The lowest BCUT2D eigenvalue weighted by atomic mass is 10.1. The van der Waals surface area contributed by atoms with Gasteiger partial charge in [0.15, 0.2) is 4.34 Å². The fraction of sp³-hybridized carbons (Fsp3) is 0.214. The summed E-state index contributed by atoms with van der Waals surface area (Å²) in [7, 11) is 0. The van der Waals surface area contributed by atoms with E-state index >= 15 is 0 Å². The van der Waals surface area contributed by atoms with Gasteiger partial charge in [-0.15, -0.1) is 10.2 Å². The molecule has 23 heavy (non-hydrogen) atoms. The van der Waals surface area contributed by atoms with Gasteiger partial charge in [-0.3, -0.25) is 9.59 Å². The van der Waals surface area contributed by atoms with Crippen LogP contribution in [0.15, 0.2) is 33.5 Å². The highest BCUT2D eigenvalue weighted by Crippen LogP contribution is 2.23. The van der Waals surface area contributed by atoms with Gasteiger partial charge in [-0.25, -0.2) is 0 Å². The highest BCUT2D eigenvalue weighted by atomic mass is 32.2. The zero-order valence-electron chi connectivity index (χ0n) is 12.4. The minimum atomic E-state index is -0.335. The van der Waals surface area contributed by atoms with Crippen LogP contribution in [0.3, 0.4) is 0 Å². The van der Waals surface area contributed by atoms with E-state index in [2.05, 4.69) is 20.6 Å². The van der Waals surface area contributed by atoms with Gasteiger partial charge in [-0.05, 0) is 37.1 Å². The highest BCUT2D eigenvalue weighted by molar-refractivity contribution is 8.01. The van der Waals surface area contributed by atoms with Gasteiger partial charge in [-0.1, -0.05) is 29.2 Å². The van der Waals surface area contributed by atoms with Gasteiger partial charge in [0.2, 0.25) is 10.9 Å². The Bertz CT molecular complexity index is 934. The molecule has 0 fully saturated rings. The van der Waals surface area contributed by atoms with Crippen molar-refractivity contribution in [3.63, 3.8) is 0 Å². The second-order valence-electron chi connectivity index (χ2n) is 4.88. The molecule has 118 valence electrons. The number of anilines is 1. The first-order chi connectivity index (χ1) is 11.0. The lowest BCUT2D eigenvalue weighted by Crippen LogP contribution is -2.15. The van der Waals surface area contributed by atoms with Gasteiger partial charge in [0.1, 0.15) is 6.20 Å². The first-order valence-corrected chi connectivity index (χ1v) is 8.54. The molecule has 1 N–H and O–H groups in total. The predicted octanol–water partition coefficient (Wildman–Crippen LogP) is 1.89. The standard InChI is InChI=1S/C14H13N5O2S2/c1-8-3-4-10(5-9(8)2)16-11(20)7-22-14-18-19-12(21)6-15-17-13(19)23-14/h3-6H,7H2,1-2H3,(H,16,20).